The number of likely N-dealkylation sites (tertiary alicyclic amines) is 1. The Morgan fingerprint density at radius 3 is 2.64 bits per heavy atom. The summed E-state index contributed by atoms with van der Waals surface area (Å²) in [4.78, 5) is 19.8. The lowest BCUT2D eigenvalue weighted by Crippen LogP contribution is -2.54. The monoisotopic (exact) mass is 499 g/mol. The van der Waals surface area contributed by atoms with Crippen LogP contribution in [0.15, 0.2) is 36.4 Å². The normalized spacial score (nSPS) is 19.6. The molecule has 7 nitrogen and oxygen atoms in total. The van der Waals surface area contributed by atoms with Gasteiger partial charge in [-0.3, -0.25) is 9.69 Å². The number of halogens is 2. The van der Waals surface area contributed by atoms with Crippen LogP contribution in [-0.4, -0.2) is 72.9 Å². The van der Waals surface area contributed by atoms with Gasteiger partial charge < -0.3 is 24.5 Å². The fourth-order valence-corrected chi connectivity index (χ4v) is 5.97. The molecule has 1 atom stereocenters. The molecule has 1 saturated heterocycles. The molecule has 1 amide bonds. The number of aliphatic hydroxyl groups excluding tert-OH is 1. The van der Waals surface area contributed by atoms with Crippen molar-refractivity contribution in [3.8, 4) is 5.75 Å². The number of aromatic amines is 1. The van der Waals surface area contributed by atoms with Gasteiger partial charge in [-0.05, 0) is 48.7 Å². The van der Waals surface area contributed by atoms with E-state index in [1.165, 1.54) is 13.2 Å². The number of ether oxygens (including phenoxy) is 2. The van der Waals surface area contributed by atoms with Crippen molar-refractivity contribution < 1.29 is 28.2 Å². The topological polar surface area (TPSA) is 78.0 Å². The highest BCUT2D eigenvalue weighted by Gasteiger charge is 2.47. The third kappa shape index (κ3) is 4.25. The molecule has 1 spiro atoms. The molecule has 0 radical (unpaired) electrons. The summed E-state index contributed by atoms with van der Waals surface area (Å²) in [6, 6.07) is 8.93. The molecule has 0 bridgehead atoms. The lowest BCUT2D eigenvalue weighted by molar-refractivity contribution is -0.137. The lowest BCUT2D eigenvalue weighted by atomic mass is 9.68. The van der Waals surface area contributed by atoms with Gasteiger partial charge in [0, 0.05) is 66.9 Å². The minimum atomic E-state index is -0.498. The zero-order valence-electron chi connectivity index (χ0n) is 20.5. The zero-order valence-corrected chi connectivity index (χ0v) is 20.5. The van der Waals surface area contributed by atoms with E-state index < -0.39 is 17.7 Å². The van der Waals surface area contributed by atoms with Crippen LogP contribution in [0.3, 0.4) is 0 Å². The molecule has 2 aromatic carbocycles. The van der Waals surface area contributed by atoms with Crippen molar-refractivity contribution in [1.82, 2.24) is 14.8 Å². The van der Waals surface area contributed by atoms with E-state index in [0.29, 0.717) is 32.5 Å². The number of nitrogens with one attached hydrogen (secondary N) is 1. The average Bonchev–Trinajstić information content (AvgIpc) is 3.26. The quantitative estimate of drug-likeness (QED) is 0.543. The van der Waals surface area contributed by atoms with E-state index in [0.717, 1.165) is 40.0 Å². The highest BCUT2D eigenvalue weighted by molar-refractivity contribution is 5.88. The fourth-order valence-electron chi connectivity index (χ4n) is 5.97. The van der Waals surface area contributed by atoms with Crippen LogP contribution in [0, 0.1) is 11.6 Å². The van der Waals surface area contributed by atoms with Gasteiger partial charge in [-0.1, -0.05) is 0 Å². The Kier molecular flexibility index (Phi) is 6.72. The van der Waals surface area contributed by atoms with Gasteiger partial charge in [-0.25, -0.2) is 8.78 Å². The summed E-state index contributed by atoms with van der Waals surface area (Å²) in [5, 5.41) is 11.5. The SMILES string of the molecule is COCC(=O)N1CCC2(CC1)CN(Cc1cc(F)ccc1F)[C@@H](CO)c1[nH]c3cc(OC)ccc3c12. The van der Waals surface area contributed by atoms with Crippen LogP contribution in [0.25, 0.3) is 10.9 Å². The number of hydrogen-bond donors (Lipinski definition) is 2. The Hall–Kier alpha value is -3.01. The molecule has 3 heterocycles. The van der Waals surface area contributed by atoms with Crippen molar-refractivity contribution >= 4 is 16.8 Å². The number of H-pyrrole nitrogens is 1. The van der Waals surface area contributed by atoms with Gasteiger partial charge in [0.2, 0.25) is 5.91 Å². The van der Waals surface area contributed by atoms with E-state index >= 15 is 0 Å². The highest BCUT2D eigenvalue weighted by atomic mass is 19.1. The van der Waals surface area contributed by atoms with Gasteiger partial charge in [-0.2, -0.15) is 0 Å². The van der Waals surface area contributed by atoms with Crippen LogP contribution in [0.5, 0.6) is 5.75 Å². The number of fused-ring (bicyclic) bond motifs is 4. The fraction of sp³-hybridized carbons (Fsp3) is 0.444. The molecular formula is C27H31F2N3O4. The maximum atomic E-state index is 14.6. The first-order valence-corrected chi connectivity index (χ1v) is 12.1. The van der Waals surface area contributed by atoms with Crippen LogP contribution >= 0.6 is 0 Å². The summed E-state index contributed by atoms with van der Waals surface area (Å²) in [5.74, 6) is -0.301. The van der Waals surface area contributed by atoms with Crippen molar-refractivity contribution in [3.05, 3.63) is 64.9 Å². The highest BCUT2D eigenvalue weighted by Crippen LogP contribution is 2.49. The van der Waals surface area contributed by atoms with Gasteiger partial charge in [0.1, 0.15) is 24.0 Å². The van der Waals surface area contributed by atoms with Crippen molar-refractivity contribution in [3.63, 3.8) is 0 Å². The average molecular weight is 500 g/mol. The number of methoxy groups -OCH3 is 2. The first-order valence-electron chi connectivity index (χ1n) is 12.1. The Morgan fingerprint density at radius 1 is 1.17 bits per heavy atom. The molecule has 36 heavy (non-hydrogen) atoms. The number of carbonyl (C=O) groups excluding carboxylic acids is 1. The molecule has 5 rings (SSSR count). The molecule has 0 unspecified atom stereocenters. The number of amides is 1. The maximum absolute atomic E-state index is 14.6. The number of hydrogen-bond acceptors (Lipinski definition) is 5. The minimum absolute atomic E-state index is 0.0426. The zero-order chi connectivity index (χ0) is 25.4. The Labute approximate surface area is 208 Å². The number of aliphatic hydroxyl groups is 1. The Morgan fingerprint density at radius 2 is 1.94 bits per heavy atom. The predicted octanol–water partition coefficient (Wildman–Crippen LogP) is 3.51. The first kappa shape index (κ1) is 24.7. The molecule has 192 valence electrons. The van der Waals surface area contributed by atoms with Crippen LogP contribution < -0.4 is 4.74 Å². The largest absolute Gasteiger partial charge is 0.497 e. The second kappa shape index (κ2) is 9.80. The van der Waals surface area contributed by atoms with Crippen LogP contribution in [0.2, 0.25) is 0 Å². The van der Waals surface area contributed by atoms with E-state index in [-0.39, 0.29) is 36.6 Å². The summed E-state index contributed by atoms with van der Waals surface area (Å²) < 4.78 is 39.0. The maximum Gasteiger partial charge on any atom is 0.248 e. The molecule has 1 fully saturated rings. The smallest absolute Gasteiger partial charge is 0.248 e. The summed E-state index contributed by atoms with van der Waals surface area (Å²) in [5.41, 5.74) is 2.82. The van der Waals surface area contributed by atoms with E-state index in [9.17, 15) is 18.7 Å². The van der Waals surface area contributed by atoms with Gasteiger partial charge in [-0.15, -0.1) is 0 Å². The standard InChI is InChI=1S/C27H31F2N3O4/c1-35-15-24(34)31-9-7-27(8-10-31)16-32(13-17-11-18(28)3-6-21(17)29)23(14-33)26-25(27)20-5-4-19(36-2)12-22(20)30-26/h3-6,11-12,23,30,33H,7-10,13-16H2,1-2H3/t23-/m0/s1. The van der Waals surface area contributed by atoms with Crippen LogP contribution in [-0.2, 0) is 21.5 Å². The second-order valence-corrected chi connectivity index (χ2v) is 9.76. The molecule has 9 heteroatoms. The Balaban J connectivity index is 1.58. The van der Waals surface area contributed by atoms with Gasteiger partial charge in [0.25, 0.3) is 0 Å². The van der Waals surface area contributed by atoms with Crippen molar-refractivity contribution in [2.24, 2.45) is 0 Å². The number of aromatic nitrogens is 1. The number of nitrogens with zero attached hydrogens (tertiary/aromatic N) is 2. The molecule has 3 aromatic rings. The van der Waals surface area contributed by atoms with Crippen molar-refractivity contribution in [1.29, 1.82) is 0 Å². The van der Waals surface area contributed by atoms with Gasteiger partial charge in [0.05, 0.1) is 19.8 Å². The molecule has 1 aromatic heterocycles. The number of rotatable bonds is 6. The van der Waals surface area contributed by atoms with E-state index in [1.54, 1.807) is 7.11 Å². The van der Waals surface area contributed by atoms with Crippen LogP contribution in [0.1, 0.15) is 35.7 Å². The number of benzene rings is 2. The molecular weight excluding hydrogens is 468 g/mol. The molecule has 2 aliphatic rings. The van der Waals surface area contributed by atoms with E-state index in [4.69, 9.17) is 9.47 Å². The second-order valence-electron chi connectivity index (χ2n) is 9.76. The lowest BCUT2D eigenvalue weighted by Gasteiger charge is -2.50. The number of piperidine rings is 1. The molecule has 2 N–H and O–H groups in total. The molecule has 2 aliphatic heterocycles. The third-order valence-electron chi connectivity index (χ3n) is 7.74. The first-order chi connectivity index (χ1) is 17.4. The van der Waals surface area contributed by atoms with E-state index in [2.05, 4.69) is 4.98 Å². The van der Waals surface area contributed by atoms with Gasteiger partial charge >= 0.3 is 0 Å². The molecule has 0 aliphatic carbocycles. The third-order valence-corrected chi connectivity index (χ3v) is 7.74. The summed E-state index contributed by atoms with van der Waals surface area (Å²) in [7, 11) is 3.12. The summed E-state index contributed by atoms with van der Waals surface area (Å²) in [6.45, 7) is 1.70. The van der Waals surface area contributed by atoms with E-state index in [1.807, 2.05) is 28.0 Å². The predicted molar refractivity (Wildman–Crippen MR) is 131 cm³/mol. The minimum Gasteiger partial charge on any atom is -0.497 e. The summed E-state index contributed by atoms with van der Waals surface area (Å²) >= 11 is 0. The van der Waals surface area contributed by atoms with Crippen LogP contribution in [0.4, 0.5) is 8.78 Å². The van der Waals surface area contributed by atoms with Crippen molar-refractivity contribution in [2.45, 2.75) is 30.8 Å². The Bertz CT molecular complexity index is 1270. The molecule has 0 saturated carbocycles. The summed E-state index contributed by atoms with van der Waals surface area (Å²) in [6.07, 6.45) is 1.41. The van der Waals surface area contributed by atoms with Gasteiger partial charge in [0.15, 0.2) is 0 Å². The number of carbonyl (C=O) groups is 1. The van der Waals surface area contributed by atoms with Crippen molar-refractivity contribution in [2.75, 3.05) is 47.1 Å².